The first kappa shape index (κ1) is 26.0. The SMILES string of the molecule is C=Nc1nccn1/C=C(\C)C(=O)NCc1ccc(S(=O)(=O)c2cccc(S(=O)(=O)N(C)C)c2)cc1. The molecule has 3 aromatic rings. The van der Waals surface area contributed by atoms with Crippen LogP contribution in [0, 0.1) is 0 Å². The number of rotatable bonds is 9. The van der Waals surface area contributed by atoms with Crippen molar-refractivity contribution in [2.75, 3.05) is 14.1 Å². The quantitative estimate of drug-likeness (QED) is 0.344. The summed E-state index contributed by atoms with van der Waals surface area (Å²) in [4.78, 5) is 19.9. The molecule has 0 saturated heterocycles. The number of nitrogens with one attached hydrogen (secondary N) is 1. The molecule has 1 aromatic heterocycles. The van der Waals surface area contributed by atoms with Gasteiger partial charge in [0.05, 0.1) is 14.7 Å². The summed E-state index contributed by atoms with van der Waals surface area (Å²) in [6, 6.07) is 11.2. The Labute approximate surface area is 204 Å². The van der Waals surface area contributed by atoms with E-state index in [1.54, 1.807) is 42.2 Å². The van der Waals surface area contributed by atoms with E-state index in [2.05, 4.69) is 22.0 Å². The number of hydrogen-bond acceptors (Lipinski definition) is 7. The number of carbonyl (C=O) groups is 1. The summed E-state index contributed by atoms with van der Waals surface area (Å²) in [5.74, 6) is 0.0446. The van der Waals surface area contributed by atoms with Crippen LogP contribution in [0.3, 0.4) is 0 Å². The zero-order chi connectivity index (χ0) is 25.8. The van der Waals surface area contributed by atoms with Gasteiger partial charge in [-0.2, -0.15) is 0 Å². The Hall–Kier alpha value is -3.61. The fourth-order valence-corrected chi connectivity index (χ4v) is 5.38. The van der Waals surface area contributed by atoms with Crippen LogP contribution >= 0.6 is 0 Å². The van der Waals surface area contributed by atoms with E-state index in [-0.39, 0.29) is 27.1 Å². The van der Waals surface area contributed by atoms with Crippen LogP contribution in [-0.2, 0) is 31.2 Å². The maximum atomic E-state index is 13.0. The van der Waals surface area contributed by atoms with Crippen LogP contribution in [-0.4, -0.2) is 57.4 Å². The molecule has 0 aliphatic rings. The molecule has 0 unspecified atom stereocenters. The minimum absolute atomic E-state index is 0.00705. The summed E-state index contributed by atoms with van der Waals surface area (Å²) < 4.78 is 53.4. The molecule has 0 spiro atoms. The number of nitrogens with zero attached hydrogens (tertiary/aromatic N) is 4. The number of amides is 1. The average molecular weight is 516 g/mol. The Morgan fingerprint density at radius 3 is 2.37 bits per heavy atom. The zero-order valence-electron chi connectivity index (χ0n) is 19.4. The second kappa shape index (κ2) is 10.3. The summed E-state index contributed by atoms with van der Waals surface area (Å²) in [7, 11) is -4.98. The first-order valence-corrected chi connectivity index (χ1v) is 13.2. The van der Waals surface area contributed by atoms with Crippen molar-refractivity contribution >= 4 is 44.6 Å². The molecule has 0 bridgehead atoms. The van der Waals surface area contributed by atoms with Crippen molar-refractivity contribution in [3.8, 4) is 0 Å². The van der Waals surface area contributed by atoms with Gasteiger partial charge in [0.1, 0.15) is 0 Å². The summed E-state index contributed by atoms with van der Waals surface area (Å²) in [5, 5.41) is 2.77. The normalized spacial score (nSPS) is 12.5. The molecule has 184 valence electrons. The second-order valence-electron chi connectivity index (χ2n) is 7.70. The monoisotopic (exact) mass is 515 g/mol. The van der Waals surface area contributed by atoms with Crippen molar-refractivity contribution in [2.24, 2.45) is 4.99 Å². The molecule has 0 aliphatic heterocycles. The van der Waals surface area contributed by atoms with E-state index in [0.717, 1.165) is 10.4 Å². The van der Waals surface area contributed by atoms with Crippen LogP contribution in [0.25, 0.3) is 6.20 Å². The highest BCUT2D eigenvalue weighted by molar-refractivity contribution is 7.91. The molecule has 1 heterocycles. The van der Waals surface area contributed by atoms with Crippen LogP contribution in [0.15, 0.2) is 86.2 Å². The summed E-state index contributed by atoms with van der Waals surface area (Å²) in [5.41, 5.74) is 1.10. The van der Waals surface area contributed by atoms with Crippen LogP contribution < -0.4 is 5.32 Å². The Bertz CT molecular complexity index is 1490. The van der Waals surface area contributed by atoms with Crippen LogP contribution in [0.4, 0.5) is 5.95 Å². The van der Waals surface area contributed by atoms with E-state index in [1.807, 2.05) is 0 Å². The molecule has 2 aromatic carbocycles. The first-order chi connectivity index (χ1) is 16.5. The number of carbonyl (C=O) groups excluding carboxylic acids is 1. The van der Waals surface area contributed by atoms with Crippen LogP contribution in [0.2, 0.25) is 0 Å². The molecular weight excluding hydrogens is 490 g/mol. The molecule has 12 heteroatoms. The Balaban J connectivity index is 1.73. The fourth-order valence-electron chi connectivity index (χ4n) is 3.05. The van der Waals surface area contributed by atoms with Gasteiger partial charge in [-0.05, 0) is 49.5 Å². The lowest BCUT2D eigenvalue weighted by atomic mass is 10.2. The van der Waals surface area contributed by atoms with Crippen molar-refractivity contribution in [1.82, 2.24) is 19.2 Å². The third-order valence-electron chi connectivity index (χ3n) is 5.06. The van der Waals surface area contributed by atoms with E-state index in [9.17, 15) is 21.6 Å². The maximum absolute atomic E-state index is 13.0. The third-order valence-corrected chi connectivity index (χ3v) is 8.64. The van der Waals surface area contributed by atoms with Gasteiger partial charge < -0.3 is 5.32 Å². The molecule has 0 saturated carbocycles. The Kier molecular flexibility index (Phi) is 7.68. The molecule has 1 amide bonds. The summed E-state index contributed by atoms with van der Waals surface area (Å²) in [6.45, 7) is 5.24. The topological polar surface area (TPSA) is 131 Å². The molecule has 0 radical (unpaired) electrons. The zero-order valence-corrected chi connectivity index (χ0v) is 21.0. The highest BCUT2D eigenvalue weighted by atomic mass is 32.2. The number of aromatic nitrogens is 2. The highest BCUT2D eigenvalue weighted by Gasteiger charge is 2.22. The predicted molar refractivity (Wildman–Crippen MR) is 132 cm³/mol. The van der Waals surface area contributed by atoms with Crippen molar-refractivity contribution in [3.63, 3.8) is 0 Å². The molecule has 35 heavy (non-hydrogen) atoms. The van der Waals surface area contributed by atoms with Crippen LogP contribution in [0.1, 0.15) is 12.5 Å². The average Bonchev–Trinajstić information content (AvgIpc) is 3.29. The largest absolute Gasteiger partial charge is 0.348 e. The second-order valence-corrected chi connectivity index (χ2v) is 11.8. The lowest BCUT2D eigenvalue weighted by Crippen LogP contribution is -2.23. The molecule has 0 aliphatic carbocycles. The lowest BCUT2D eigenvalue weighted by molar-refractivity contribution is -0.117. The van der Waals surface area contributed by atoms with Crippen LogP contribution in [0.5, 0.6) is 0 Å². The first-order valence-electron chi connectivity index (χ1n) is 10.3. The smallest absolute Gasteiger partial charge is 0.248 e. The lowest BCUT2D eigenvalue weighted by Gasteiger charge is -2.13. The van der Waals surface area contributed by atoms with Crippen molar-refractivity contribution in [3.05, 3.63) is 72.1 Å². The van der Waals surface area contributed by atoms with Gasteiger partial charge in [-0.25, -0.2) is 31.1 Å². The van der Waals surface area contributed by atoms with Crippen molar-refractivity contribution in [1.29, 1.82) is 0 Å². The fraction of sp³-hybridized carbons (Fsp3) is 0.174. The van der Waals surface area contributed by atoms with Crippen molar-refractivity contribution in [2.45, 2.75) is 28.2 Å². The van der Waals surface area contributed by atoms with Crippen molar-refractivity contribution < 1.29 is 21.6 Å². The maximum Gasteiger partial charge on any atom is 0.248 e. The number of benzene rings is 2. The number of aliphatic imine (C=N–C) groups is 1. The highest BCUT2D eigenvalue weighted by Crippen LogP contribution is 2.24. The standard InChI is InChI=1S/C23H25N5O5S2/c1-17(16-28-13-12-25-23(28)24-2)22(29)26-15-18-8-10-19(11-9-18)34(30,31)20-6-5-7-21(14-20)35(32,33)27(3)4/h5-14,16H,2,15H2,1,3-4H3,(H,26,29)/b17-16+. The molecule has 10 nitrogen and oxygen atoms in total. The molecule has 1 N–H and O–H groups in total. The molecule has 3 rings (SSSR count). The summed E-state index contributed by atoms with van der Waals surface area (Å²) >= 11 is 0. The predicted octanol–water partition coefficient (Wildman–Crippen LogP) is 2.48. The molecule has 0 fully saturated rings. The Morgan fingerprint density at radius 1 is 1.09 bits per heavy atom. The van der Waals surface area contributed by atoms with Gasteiger partial charge in [0.15, 0.2) is 0 Å². The molecule has 0 atom stereocenters. The van der Waals surface area contributed by atoms with E-state index < -0.39 is 19.9 Å². The molecular formula is C23H25N5O5S2. The van der Waals surface area contributed by atoms with E-state index in [4.69, 9.17) is 0 Å². The minimum Gasteiger partial charge on any atom is -0.348 e. The number of sulfonamides is 1. The third kappa shape index (κ3) is 5.73. The number of sulfone groups is 1. The minimum atomic E-state index is -3.95. The van der Waals surface area contributed by atoms with Gasteiger partial charge in [0, 0.05) is 44.8 Å². The summed E-state index contributed by atoms with van der Waals surface area (Å²) in [6.07, 6.45) is 4.76. The van der Waals surface area contributed by atoms with Gasteiger partial charge in [-0.3, -0.25) is 9.36 Å². The van der Waals surface area contributed by atoms with E-state index >= 15 is 0 Å². The van der Waals surface area contributed by atoms with Gasteiger partial charge in [0.2, 0.25) is 31.7 Å². The van der Waals surface area contributed by atoms with E-state index in [1.165, 1.54) is 44.4 Å². The number of hydrogen-bond donors (Lipinski definition) is 1. The van der Waals surface area contributed by atoms with E-state index in [0.29, 0.717) is 17.1 Å². The Morgan fingerprint density at radius 2 is 1.74 bits per heavy atom. The number of imidazole rings is 1. The van der Waals surface area contributed by atoms with Gasteiger partial charge >= 0.3 is 0 Å². The van der Waals surface area contributed by atoms with Gasteiger partial charge in [-0.1, -0.05) is 18.2 Å². The van der Waals surface area contributed by atoms with Gasteiger partial charge in [0.25, 0.3) is 0 Å². The van der Waals surface area contributed by atoms with Gasteiger partial charge in [-0.15, -0.1) is 0 Å².